The van der Waals surface area contributed by atoms with Crippen molar-refractivity contribution >= 4 is 23.5 Å². The van der Waals surface area contributed by atoms with Gasteiger partial charge in [0.2, 0.25) is 17.2 Å². The first-order valence-electron chi connectivity index (χ1n) is 7.18. The van der Waals surface area contributed by atoms with Crippen LogP contribution in [0.4, 0.5) is 11.9 Å². The van der Waals surface area contributed by atoms with Crippen LogP contribution in [0.1, 0.15) is 12.8 Å². The maximum Gasteiger partial charge on any atom is 0.231 e. The summed E-state index contributed by atoms with van der Waals surface area (Å²) in [4.78, 5) is 17.3. The van der Waals surface area contributed by atoms with Gasteiger partial charge in [0, 0.05) is 40.4 Å². The van der Waals surface area contributed by atoms with E-state index in [0.717, 1.165) is 13.1 Å². The van der Waals surface area contributed by atoms with E-state index in [0.29, 0.717) is 25.0 Å². The Labute approximate surface area is 129 Å². The minimum atomic E-state index is 0.0146. The molecule has 0 aliphatic carbocycles. The molecule has 2 saturated heterocycles. The molecule has 2 aliphatic rings. The smallest absolute Gasteiger partial charge is 0.231 e. The Morgan fingerprint density at radius 1 is 0.905 bits per heavy atom. The van der Waals surface area contributed by atoms with Crippen molar-refractivity contribution in [3.05, 3.63) is 5.28 Å². The van der Waals surface area contributed by atoms with E-state index in [1.54, 1.807) is 14.2 Å². The lowest BCUT2D eigenvalue weighted by atomic mass is 10.3. The number of rotatable bonds is 4. The van der Waals surface area contributed by atoms with Crippen LogP contribution < -0.4 is 9.80 Å². The first kappa shape index (κ1) is 14.7. The van der Waals surface area contributed by atoms with Crippen LogP contribution >= 0.6 is 11.6 Å². The first-order chi connectivity index (χ1) is 10.2. The summed E-state index contributed by atoms with van der Waals surface area (Å²) in [5.74, 6) is 1.26. The normalized spacial score (nSPS) is 25.9. The topological polar surface area (TPSA) is 63.6 Å². The zero-order valence-electron chi connectivity index (χ0n) is 12.3. The lowest BCUT2D eigenvalue weighted by Crippen LogP contribution is -2.27. The van der Waals surface area contributed by atoms with Crippen LogP contribution in [0, 0.1) is 0 Å². The molecule has 2 fully saturated rings. The van der Waals surface area contributed by atoms with Crippen molar-refractivity contribution in [2.24, 2.45) is 0 Å². The van der Waals surface area contributed by atoms with Gasteiger partial charge < -0.3 is 19.3 Å². The minimum Gasteiger partial charge on any atom is -0.377 e. The molecule has 1 aromatic heterocycles. The van der Waals surface area contributed by atoms with Crippen LogP contribution in [0.3, 0.4) is 0 Å². The Morgan fingerprint density at radius 2 is 1.43 bits per heavy atom. The molecule has 3 heterocycles. The molecule has 2 unspecified atom stereocenters. The maximum atomic E-state index is 6.07. The van der Waals surface area contributed by atoms with Gasteiger partial charge in [-0.05, 0) is 24.4 Å². The van der Waals surface area contributed by atoms with Crippen LogP contribution in [0.5, 0.6) is 0 Å². The van der Waals surface area contributed by atoms with E-state index in [1.165, 1.54) is 12.8 Å². The summed E-state index contributed by atoms with van der Waals surface area (Å²) in [7, 11) is 3.38. The SMILES string of the molecule is COC1CN(c2nc(Cl)nc(N3CCCC3)n2)CC1OC. The molecule has 0 spiro atoms. The van der Waals surface area contributed by atoms with E-state index in [1.807, 2.05) is 4.90 Å². The van der Waals surface area contributed by atoms with E-state index in [4.69, 9.17) is 21.1 Å². The minimum absolute atomic E-state index is 0.0146. The van der Waals surface area contributed by atoms with Crippen molar-refractivity contribution in [1.82, 2.24) is 15.0 Å². The fraction of sp³-hybridized carbons (Fsp3) is 0.769. The molecule has 21 heavy (non-hydrogen) atoms. The standard InChI is InChI=1S/C13H20ClN5O2/c1-20-9-7-19(8-10(9)21-2)13-16-11(14)15-12(17-13)18-5-3-4-6-18/h9-10H,3-8H2,1-2H3. The molecule has 0 saturated carbocycles. The Balaban J connectivity index is 1.82. The van der Waals surface area contributed by atoms with Crippen molar-refractivity contribution in [2.75, 3.05) is 50.2 Å². The average molecular weight is 314 g/mol. The summed E-state index contributed by atoms with van der Waals surface area (Å²) in [6.45, 7) is 3.33. The van der Waals surface area contributed by atoms with Gasteiger partial charge >= 0.3 is 0 Å². The summed E-state index contributed by atoms with van der Waals surface area (Å²) in [6, 6.07) is 0. The van der Waals surface area contributed by atoms with E-state index < -0.39 is 0 Å². The average Bonchev–Trinajstić information content (AvgIpc) is 3.15. The molecular weight excluding hydrogens is 294 g/mol. The van der Waals surface area contributed by atoms with E-state index >= 15 is 0 Å². The van der Waals surface area contributed by atoms with Gasteiger partial charge in [0.15, 0.2) is 0 Å². The van der Waals surface area contributed by atoms with Gasteiger partial charge in [0.05, 0.1) is 0 Å². The van der Waals surface area contributed by atoms with E-state index in [-0.39, 0.29) is 17.5 Å². The van der Waals surface area contributed by atoms with Gasteiger partial charge in [0.25, 0.3) is 0 Å². The second-order valence-electron chi connectivity index (χ2n) is 5.35. The third kappa shape index (κ3) is 3.04. The Kier molecular flexibility index (Phi) is 4.42. The molecule has 0 radical (unpaired) electrons. The molecule has 1 aromatic rings. The van der Waals surface area contributed by atoms with Crippen LogP contribution in [-0.4, -0.2) is 67.6 Å². The van der Waals surface area contributed by atoms with Crippen LogP contribution in [-0.2, 0) is 9.47 Å². The zero-order valence-corrected chi connectivity index (χ0v) is 13.1. The zero-order chi connectivity index (χ0) is 14.8. The number of halogens is 1. The highest BCUT2D eigenvalue weighted by atomic mass is 35.5. The molecule has 0 bridgehead atoms. The van der Waals surface area contributed by atoms with Gasteiger partial charge in [-0.2, -0.15) is 15.0 Å². The highest BCUT2D eigenvalue weighted by molar-refractivity contribution is 6.28. The van der Waals surface area contributed by atoms with Gasteiger partial charge in [-0.15, -0.1) is 0 Å². The van der Waals surface area contributed by atoms with Gasteiger partial charge in [0.1, 0.15) is 12.2 Å². The molecule has 0 aromatic carbocycles. The van der Waals surface area contributed by atoms with Crippen molar-refractivity contribution in [2.45, 2.75) is 25.0 Å². The van der Waals surface area contributed by atoms with Gasteiger partial charge in [-0.25, -0.2) is 0 Å². The number of hydrogen-bond acceptors (Lipinski definition) is 7. The molecule has 2 aliphatic heterocycles. The number of aromatic nitrogens is 3. The van der Waals surface area contributed by atoms with Gasteiger partial charge in [-0.3, -0.25) is 0 Å². The molecule has 3 rings (SSSR count). The van der Waals surface area contributed by atoms with Gasteiger partial charge in [-0.1, -0.05) is 0 Å². The monoisotopic (exact) mass is 313 g/mol. The number of hydrogen-bond donors (Lipinski definition) is 0. The summed E-state index contributed by atoms with van der Waals surface area (Å²) < 4.78 is 10.9. The lowest BCUT2D eigenvalue weighted by Gasteiger charge is -2.19. The molecular formula is C13H20ClN5O2. The predicted octanol–water partition coefficient (Wildman–Crippen LogP) is 0.975. The first-order valence-corrected chi connectivity index (χ1v) is 7.56. The Hall–Kier alpha value is -1.18. The fourth-order valence-corrected chi connectivity index (χ4v) is 3.04. The van der Waals surface area contributed by atoms with Crippen molar-refractivity contribution in [3.63, 3.8) is 0 Å². The maximum absolute atomic E-state index is 6.07. The summed E-state index contributed by atoms with van der Waals surface area (Å²) in [5.41, 5.74) is 0. The quantitative estimate of drug-likeness (QED) is 0.821. The molecule has 0 amide bonds. The third-order valence-electron chi connectivity index (χ3n) is 4.08. The van der Waals surface area contributed by atoms with Crippen molar-refractivity contribution < 1.29 is 9.47 Å². The molecule has 2 atom stereocenters. The highest BCUT2D eigenvalue weighted by Gasteiger charge is 2.35. The predicted molar refractivity (Wildman–Crippen MR) is 80.1 cm³/mol. The second kappa shape index (κ2) is 6.29. The highest BCUT2D eigenvalue weighted by Crippen LogP contribution is 2.24. The fourth-order valence-electron chi connectivity index (χ4n) is 2.89. The van der Waals surface area contributed by atoms with Crippen molar-refractivity contribution in [1.29, 1.82) is 0 Å². The van der Waals surface area contributed by atoms with E-state index in [2.05, 4.69) is 19.9 Å². The largest absolute Gasteiger partial charge is 0.377 e. The molecule has 0 N–H and O–H groups in total. The Bertz CT molecular complexity index is 485. The molecule has 7 nitrogen and oxygen atoms in total. The van der Waals surface area contributed by atoms with Crippen LogP contribution in [0.25, 0.3) is 0 Å². The number of methoxy groups -OCH3 is 2. The summed E-state index contributed by atoms with van der Waals surface area (Å²) in [5, 5.41) is 0.233. The van der Waals surface area contributed by atoms with E-state index in [9.17, 15) is 0 Å². The van der Waals surface area contributed by atoms with Crippen LogP contribution in [0.2, 0.25) is 5.28 Å². The second-order valence-corrected chi connectivity index (χ2v) is 5.69. The molecule has 8 heteroatoms. The van der Waals surface area contributed by atoms with Crippen molar-refractivity contribution in [3.8, 4) is 0 Å². The number of ether oxygens (including phenoxy) is 2. The third-order valence-corrected chi connectivity index (χ3v) is 4.25. The summed E-state index contributed by atoms with van der Waals surface area (Å²) in [6.07, 6.45) is 2.36. The number of anilines is 2. The van der Waals surface area contributed by atoms with Crippen LogP contribution in [0.15, 0.2) is 0 Å². The number of nitrogens with zero attached hydrogens (tertiary/aromatic N) is 5. The molecule has 116 valence electrons. The Morgan fingerprint density at radius 3 is 1.95 bits per heavy atom. The lowest BCUT2D eigenvalue weighted by molar-refractivity contribution is -0.00461. The summed E-state index contributed by atoms with van der Waals surface area (Å²) >= 11 is 6.07.